The zero-order valence-electron chi connectivity index (χ0n) is 25.0. The molecule has 230 valence electrons. The summed E-state index contributed by atoms with van der Waals surface area (Å²) in [6, 6.07) is 17.2. The van der Waals surface area contributed by atoms with Crippen molar-refractivity contribution >= 4 is 45.0 Å². The molecule has 5 rings (SSSR count). The molecule has 0 bridgehead atoms. The topological polar surface area (TPSA) is 97.6 Å². The highest BCUT2D eigenvalue weighted by molar-refractivity contribution is 9.10. The Balaban J connectivity index is 1.86. The van der Waals surface area contributed by atoms with E-state index < -0.39 is 12.0 Å². The van der Waals surface area contributed by atoms with Crippen molar-refractivity contribution in [1.29, 1.82) is 0 Å². The molecule has 4 aromatic rings. The van der Waals surface area contributed by atoms with Crippen LogP contribution in [-0.2, 0) is 9.53 Å². The number of carbonyl (C=O) groups excluding carboxylic acids is 1. The molecule has 0 radical (unpaired) electrons. The number of terminal acetylenes is 1. The van der Waals surface area contributed by atoms with Gasteiger partial charge in [-0.25, -0.2) is 9.79 Å². The Morgan fingerprint density at radius 1 is 1.07 bits per heavy atom. The predicted molar refractivity (Wildman–Crippen MR) is 176 cm³/mol. The van der Waals surface area contributed by atoms with Crippen LogP contribution in [0.5, 0.6) is 23.0 Å². The van der Waals surface area contributed by atoms with Crippen LogP contribution < -0.4 is 33.8 Å². The van der Waals surface area contributed by atoms with Gasteiger partial charge in [0.1, 0.15) is 24.1 Å². The monoisotopic (exact) mass is 688 g/mol. The minimum Gasteiger partial charge on any atom is -0.497 e. The maximum atomic E-state index is 14.4. The summed E-state index contributed by atoms with van der Waals surface area (Å²) in [6.07, 6.45) is 7.16. The Morgan fingerprint density at radius 2 is 1.82 bits per heavy atom. The summed E-state index contributed by atoms with van der Waals surface area (Å²) in [5, 5.41) is 0. The average Bonchev–Trinajstić information content (AvgIpc) is 3.37. The molecule has 1 aliphatic rings. The zero-order chi connectivity index (χ0) is 32.1. The molecule has 0 unspecified atom stereocenters. The van der Waals surface area contributed by atoms with Crippen molar-refractivity contribution in [3.8, 4) is 35.3 Å². The molecular formula is C34H29BrN2O7S. The highest BCUT2D eigenvalue weighted by Crippen LogP contribution is 2.40. The molecule has 0 N–H and O–H groups in total. The van der Waals surface area contributed by atoms with Crippen LogP contribution in [-0.4, -0.2) is 45.1 Å². The van der Waals surface area contributed by atoms with E-state index in [9.17, 15) is 9.59 Å². The third kappa shape index (κ3) is 6.25. The Labute approximate surface area is 272 Å². The van der Waals surface area contributed by atoms with E-state index in [2.05, 4.69) is 21.9 Å². The third-order valence-corrected chi connectivity index (χ3v) is 8.40. The van der Waals surface area contributed by atoms with Crippen LogP contribution in [0, 0.1) is 12.3 Å². The first kappa shape index (κ1) is 31.6. The first-order valence-electron chi connectivity index (χ1n) is 13.8. The Morgan fingerprint density at radius 3 is 2.49 bits per heavy atom. The highest BCUT2D eigenvalue weighted by atomic mass is 79.9. The molecule has 0 amide bonds. The van der Waals surface area contributed by atoms with Gasteiger partial charge in [0.25, 0.3) is 5.56 Å². The fourth-order valence-corrected chi connectivity index (χ4v) is 6.48. The van der Waals surface area contributed by atoms with E-state index in [0.29, 0.717) is 59.2 Å². The van der Waals surface area contributed by atoms with Crippen molar-refractivity contribution in [2.45, 2.75) is 13.0 Å². The molecule has 1 aromatic heterocycles. The lowest BCUT2D eigenvalue weighted by Gasteiger charge is -2.27. The Bertz CT molecular complexity index is 2010. The molecule has 2 heterocycles. The second-order valence-corrected chi connectivity index (χ2v) is 11.5. The van der Waals surface area contributed by atoms with Crippen molar-refractivity contribution in [3.05, 3.63) is 107 Å². The van der Waals surface area contributed by atoms with E-state index >= 15 is 0 Å². The first-order valence-corrected chi connectivity index (χ1v) is 15.4. The maximum Gasteiger partial charge on any atom is 0.338 e. The Hall–Kier alpha value is -4.79. The minimum absolute atomic E-state index is 0.000677. The summed E-state index contributed by atoms with van der Waals surface area (Å²) in [5.74, 6) is 3.66. The summed E-state index contributed by atoms with van der Waals surface area (Å²) in [7, 11) is 4.59. The van der Waals surface area contributed by atoms with E-state index in [0.717, 1.165) is 0 Å². The van der Waals surface area contributed by atoms with Gasteiger partial charge < -0.3 is 23.7 Å². The van der Waals surface area contributed by atoms with Gasteiger partial charge in [0.2, 0.25) is 0 Å². The number of ether oxygens (including phenoxy) is 5. The van der Waals surface area contributed by atoms with Gasteiger partial charge in [-0.15, -0.1) is 6.42 Å². The molecule has 1 atom stereocenters. The number of esters is 1. The summed E-state index contributed by atoms with van der Waals surface area (Å²) < 4.78 is 30.7. The first-order chi connectivity index (χ1) is 21.8. The number of benzene rings is 3. The number of carbonyl (C=O) groups is 1. The van der Waals surface area contributed by atoms with Gasteiger partial charge in [-0.3, -0.25) is 9.36 Å². The summed E-state index contributed by atoms with van der Waals surface area (Å²) in [6.45, 7) is 1.86. The maximum absolute atomic E-state index is 14.4. The van der Waals surface area contributed by atoms with Crippen LogP contribution in [0.1, 0.15) is 29.7 Å². The summed E-state index contributed by atoms with van der Waals surface area (Å²) in [4.78, 5) is 33.4. The number of hydrogen-bond acceptors (Lipinski definition) is 9. The van der Waals surface area contributed by atoms with Gasteiger partial charge in [0.15, 0.2) is 16.3 Å². The molecule has 11 heteroatoms. The summed E-state index contributed by atoms with van der Waals surface area (Å²) >= 11 is 4.69. The SMILES string of the molecule is C#CCOc1c(/C=c2\sc3n(c2=O)[C@@H](c2ccc(OC)cc2OC)C(C(=O)OCC)=C(c2ccccc2)N=3)cc(Br)cc1OC. The van der Waals surface area contributed by atoms with Crippen LogP contribution in [0.15, 0.2) is 80.5 Å². The summed E-state index contributed by atoms with van der Waals surface area (Å²) in [5.41, 5.74) is 2.03. The van der Waals surface area contributed by atoms with Crippen molar-refractivity contribution < 1.29 is 28.5 Å². The van der Waals surface area contributed by atoms with Crippen molar-refractivity contribution in [1.82, 2.24) is 4.57 Å². The molecule has 9 nitrogen and oxygen atoms in total. The van der Waals surface area contributed by atoms with Gasteiger partial charge in [0, 0.05) is 27.2 Å². The van der Waals surface area contributed by atoms with Gasteiger partial charge in [-0.05, 0) is 37.3 Å². The number of methoxy groups -OCH3 is 3. The quantitative estimate of drug-likeness (QED) is 0.176. The number of thiazole rings is 1. The number of aromatic nitrogens is 1. The van der Waals surface area contributed by atoms with Crippen molar-refractivity contribution in [2.75, 3.05) is 34.5 Å². The lowest BCUT2D eigenvalue weighted by molar-refractivity contribution is -0.138. The van der Waals surface area contributed by atoms with Crippen LogP contribution in [0.3, 0.4) is 0 Å². The van der Waals surface area contributed by atoms with Crippen LogP contribution in [0.2, 0.25) is 0 Å². The molecule has 0 fully saturated rings. The van der Waals surface area contributed by atoms with Crippen molar-refractivity contribution in [3.63, 3.8) is 0 Å². The van der Waals surface area contributed by atoms with E-state index in [1.165, 1.54) is 30.1 Å². The minimum atomic E-state index is -0.937. The van der Waals surface area contributed by atoms with Gasteiger partial charge in [-0.2, -0.15) is 0 Å². The van der Waals surface area contributed by atoms with E-state index in [4.69, 9.17) is 35.1 Å². The van der Waals surface area contributed by atoms with Crippen LogP contribution >= 0.6 is 27.3 Å². The van der Waals surface area contributed by atoms with Gasteiger partial charge in [0.05, 0.1) is 43.7 Å². The number of nitrogens with zero attached hydrogens (tertiary/aromatic N) is 2. The fourth-order valence-electron chi connectivity index (χ4n) is 5.04. The number of hydrogen-bond donors (Lipinski definition) is 0. The normalized spacial score (nSPS) is 14.2. The lowest BCUT2D eigenvalue weighted by Crippen LogP contribution is -2.40. The molecule has 1 aliphatic heterocycles. The zero-order valence-corrected chi connectivity index (χ0v) is 27.4. The molecule has 45 heavy (non-hydrogen) atoms. The molecule has 3 aromatic carbocycles. The van der Waals surface area contributed by atoms with Crippen LogP contribution in [0.4, 0.5) is 0 Å². The second kappa shape index (κ2) is 13.9. The highest BCUT2D eigenvalue weighted by Gasteiger charge is 2.37. The smallest absolute Gasteiger partial charge is 0.338 e. The number of rotatable bonds is 10. The average molecular weight is 690 g/mol. The van der Waals surface area contributed by atoms with E-state index in [-0.39, 0.29) is 24.3 Å². The molecule has 0 spiro atoms. The Kier molecular flexibility index (Phi) is 9.76. The van der Waals surface area contributed by atoms with Gasteiger partial charge >= 0.3 is 5.97 Å². The molecule has 0 aliphatic carbocycles. The molecule has 0 saturated carbocycles. The van der Waals surface area contributed by atoms with E-state index in [1.54, 1.807) is 50.4 Å². The lowest BCUT2D eigenvalue weighted by atomic mass is 9.92. The van der Waals surface area contributed by atoms with Crippen molar-refractivity contribution in [2.24, 2.45) is 4.99 Å². The molecular weight excluding hydrogens is 660 g/mol. The number of halogens is 1. The number of fused-ring (bicyclic) bond motifs is 1. The van der Waals surface area contributed by atoms with Gasteiger partial charge in [-0.1, -0.05) is 63.5 Å². The van der Waals surface area contributed by atoms with E-state index in [1.807, 2.05) is 30.3 Å². The third-order valence-electron chi connectivity index (χ3n) is 6.96. The predicted octanol–water partition coefficient (Wildman–Crippen LogP) is 4.74. The molecule has 0 saturated heterocycles. The standard InChI is InChI=1S/C34H29BrN2O7S/c1-6-15-44-31-21(16-22(35)18-26(31)42-5)17-27-32(38)37-30(24-14-13-23(40-3)19-25(24)41-4)28(33(39)43-7-2)29(36-34(37)45-27)20-11-9-8-10-12-20/h1,8-14,16-19,30H,7,15H2,2-5H3/b27-17-/t30-/m0/s1. The largest absolute Gasteiger partial charge is 0.497 e. The second-order valence-electron chi connectivity index (χ2n) is 9.56. The fraction of sp³-hybridized carbons (Fsp3) is 0.206. The van der Waals surface area contributed by atoms with Crippen LogP contribution in [0.25, 0.3) is 11.8 Å².